The van der Waals surface area contributed by atoms with Gasteiger partial charge in [0.25, 0.3) is 5.91 Å². The fraction of sp³-hybridized carbons (Fsp3) is 0.591. The number of fused-ring (bicyclic) bond motifs is 1. The standard InChI is InChI=1S/C22H30N4O3/c1-23-16-7-5-14(6-8-16)11-24-12-15-3-2-4-17-18(15)13-26(22(17)29)19-9-10-20(27)25-21(19)28/h2-4,14,16,19,23-24H,5-13H2,1H3,(H,25,27,28). The molecule has 7 nitrogen and oxygen atoms in total. The SMILES string of the molecule is CNC1CCC(CNCc2cccc3c2CN(C2CCC(=O)NC2=O)C3=O)CC1. The fourth-order valence-corrected chi connectivity index (χ4v) is 4.88. The van der Waals surface area contributed by atoms with Gasteiger partial charge in [-0.15, -0.1) is 0 Å². The van der Waals surface area contributed by atoms with Crippen LogP contribution >= 0.6 is 0 Å². The maximum Gasteiger partial charge on any atom is 0.255 e. The van der Waals surface area contributed by atoms with Gasteiger partial charge in [-0.3, -0.25) is 19.7 Å². The summed E-state index contributed by atoms with van der Waals surface area (Å²) in [6, 6.07) is 5.92. The second-order valence-corrected chi connectivity index (χ2v) is 8.48. The van der Waals surface area contributed by atoms with E-state index in [4.69, 9.17) is 0 Å². The van der Waals surface area contributed by atoms with Gasteiger partial charge in [0.15, 0.2) is 0 Å². The van der Waals surface area contributed by atoms with Crippen molar-refractivity contribution in [2.75, 3.05) is 13.6 Å². The molecule has 1 saturated carbocycles. The maximum absolute atomic E-state index is 12.9. The molecule has 0 bridgehead atoms. The van der Waals surface area contributed by atoms with Crippen molar-refractivity contribution in [3.05, 3.63) is 34.9 Å². The number of piperidine rings is 1. The summed E-state index contributed by atoms with van der Waals surface area (Å²) in [5.74, 6) is -0.0250. The molecule has 3 amide bonds. The van der Waals surface area contributed by atoms with E-state index >= 15 is 0 Å². The van der Waals surface area contributed by atoms with Gasteiger partial charge in [-0.25, -0.2) is 0 Å². The minimum absolute atomic E-state index is 0.110. The van der Waals surface area contributed by atoms with Crippen LogP contribution in [0.15, 0.2) is 18.2 Å². The first kappa shape index (κ1) is 20.0. The largest absolute Gasteiger partial charge is 0.322 e. The molecule has 2 heterocycles. The average Bonchev–Trinajstić information content (AvgIpc) is 3.06. The third-order valence-corrected chi connectivity index (χ3v) is 6.68. The van der Waals surface area contributed by atoms with Gasteiger partial charge in [-0.2, -0.15) is 0 Å². The lowest BCUT2D eigenvalue weighted by atomic mass is 9.86. The van der Waals surface area contributed by atoms with Gasteiger partial charge in [0.2, 0.25) is 11.8 Å². The Labute approximate surface area is 171 Å². The quantitative estimate of drug-likeness (QED) is 0.629. The molecule has 1 aromatic rings. The zero-order valence-electron chi connectivity index (χ0n) is 17.0. The number of amides is 3. The molecular formula is C22H30N4O3. The van der Waals surface area contributed by atoms with Gasteiger partial charge in [-0.1, -0.05) is 12.1 Å². The average molecular weight is 399 g/mol. The van der Waals surface area contributed by atoms with Crippen molar-refractivity contribution in [3.63, 3.8) is 0 Å². The Morgan fingerprint density at radius 1 is 1.10 bits per heavy atom. The van der Waals surface area contributed by atoms with Crippen molar-refractivity contribution >= 4 is 17.7 Å². The second-order valence-electron chi connectivity index (χ2n) is 8.48. The summed E-state index contributed by atoms with van der Waals surface area (Å²) in [5.41, 5.74) is 2.81. The fourth-order valence-electron chi connectivity index (χ4n) is 4.88. The van der Waals surface area contributed by atoms with E-state index in [1.54, 1.807) is 4.90 Å². The number of carbonyl (C=O) groups excluding carboxylic acids is 3. The Morgan fingerprint density at radius 3 is 2.62 bits per heavy atom. The lowest BCUT2D eigenvalue weighted by Gasteiger charge is -2.29. The van der Waals surface area contributed by atoms with Crippen molar-refractivity contribution in [1.29, 1.82) is 0 Å². The molecule has 7 heteroatoms. The molecule has 156 valence electrons. The Kier molecular flexibility index (Phi) is 5.96. The van der Waals surface area contributed by atoms with Gasteiger partial charge in [0.05, 0.1) is 0 Å². The Balaban J connectivity index is 1.37. The molecule has 3 N–H and O–H groups in total. The predicted molar refractivity (Wildman–Crippen MR) is 109 cm³/mol. The number of hydrogen-bond donors (Lipinski definition) is 3. The number of benzene rings is 1. The van der Waals surface area contributed by atoms with E-state index in [1.807, 2.05) is 19.2 Å². The summed E-state index contributed by atoms with van der Waals surface area (Å²) in [6.07, 6.45) is 5.63. The molecule has 0 aromatic heterocycles. The first-order valence-corrected chi connectivity index (χ1v) is 10.7. The zero-order chi connectivity index (χ0) is 20.4. The molecule has 1 atom stereocenters. The Morgan fingerprint density at radius 2 is 1.90 bits per heavy atom. The number of rotatable bonds is 6. The third kappa shape index (κ3) is 4.21. The summed E-state index contributed by atoms with van der Waals surface area (Å²) in [7, 11) is 2.04. The third-order valence-electron chi connectivity index (χ3n) is 6.68. The van der Waals surface area contributed by atoms with Gasteiger partial charge < -0.3 is 15.5 Å². The number of nitrogens with zero attached hydrogens (tertiary/aromatic N) is 1. The van der Waals surface area contributed by atoms with Gasteiger partial charge in [0.1, 0.15) is 6.04 Å². The molecule has 29 heavy (non-hydrogen) atoms. The predicted octanol–water partition coefficient (Wildman–Crippen LogP) is 1.32. The summed E-state index contributed by atoms with van der Waals surface area (Å²) in [4.78, 5) is 38.2. The van der Waals surface area contributed by atoms with Crippen molar-refractivity contribution in [3.8, 4) is 0 Å². The smallest absolute Gasteiger partial charge is 0.255 e. The zero-order valence-corrected chi connectivity index (χ0v) is 17.0. The van der Waals surface area contributed by atoms with Crippen molar-refractivity contribution < 1.29 is 14.4 Å². The maximum atomic E-state index is 12.9. The van der Waals surface area contributed by atoms with Crippen LogP contribution in [0.2, 0.25) is 0 Å². The lowest BCUT2D eigenvalue weighted by molar-refractivity contribution is -0.136. The molecule has 0 spiro atoms. The molecule has 1 aromatic carbocycles. The normalized spacial score (nSPS) is 27.1. The van der Waals surface area contributed by atoms with E-state index in [1.165, 1.54) is 25.7 Å². The van der Waals surface area contributed by atoms with Crippen LogP contribution in [0.5, 0.6) is 0 Å². The number of imide groups is 1. The second kappa shape index (κ2) is 8.63. The van der Waals surface area contributed by atoms with E-state index in [-0.39, 0.29) is 24.1 Å². The monoisotopic (exact) mass is 398 g/mol. The van der Waals surface area contributed by atoms with Crippen LogP contribution in [0.4, 0.5) is 0 Å². The minimum Gasteiger partial charge on any atom is -0.322 e. The molecule has 1 aliphatic carbocycles. The molecule has 2 fully saturated rings. The molecule has 4 rings (SSSR count). The number of nitrogens with one attached hydrogen (secondary N) is 3. The van der Waals surface area contributed by atoms with E-state index in [0.29, 0.717) is 30.5 Å². The van der Waals surface area contributed by atoms with Crippen molar-refractivity contribution in [2.45, 2.75) is 63.7 Å². The van der Waals surface area contributed by atoms with E-state index in [0.717, 1.165) is 24.2 Å². The van der Waals surface area contributed by atoms with E-state index in [9.17, 15) is 14.4 Å². The van der Waals surface area contributed by atoms with Crippen LogP contribution in [0.3, 0.4) is 0 Å². The van der Waals surface area contributed by atoms with Crippen molar-refractivity contribution in [2.24, 2.45) is 5.92 Å². The van der Waals surface area contributed by atoms with Crippen LogP contribution in [-0.2, 0) is 22.7 Å². The Bertz CT molecular complexity index is 801. The van der Waals surface area contributed by atoms with Crippen molar-refractivity contribution in [1.82, 2.24) is 20.9 Å². The van der Waals surface area contributed by atoms with Crippen LogP contribution in [0.1, 0.15) is 60.0 Å². The van der Waals surface area contributed by atoms with Crippen LogP contribution < -0.4 is 16.0 Å². The summed E-state index contributed by atoms with van der Waals surface area (Å²) < 4.78 is 0. The van der Waals surface area contributed by atoms with Gasteiger partial charge >= 0.3 is 0 Å². The summed E-state index contributed by atoms with van der Waals surface area (Å²) in [6.45, 7) is 2.15. The Hall–Kier alpha value is -2.25. The number of carbonyl (C=O) groups is 3. The highest BCUT2D eigenvalue weighted by Gasteiger charge is 2.39. The van der Waals surface area contributed by atoms with Gasteiger partial charge in [-0.05, 0) is 68.8 Å². The topological polar surface area (TPSA) is 90.5 Å². The number of hydrogen-bond acceptors (Lipinski definition) is 5. The highest BCUT2D eigenvalue weighted by atomic mass is 16.2. The highest BCUT2D eigenvalue weighted by molar-refractivity contribution is 6.05. The van der Waals surface area contributed by atoms with E-state index < -0.39 is 6.04 Å². The first-order chi connectivity index (χ1) is 14.1. The molecule has 1 unspecified atom stereocenters. The molecule has 1 saturated heterocycles. The molecule has 2 aliphatic heterocycles. The molecule has 0 radical (unpaired) electrons. The van der Waals surface area contributed by atoms with Crippen LogP contribution in [0, 0.1) is 5.92 Å². The molecule has 3 aliphatic rings. The minimum atomic E-state index is -0.559. The first-order valence-electron chi connectivity index (χ1n) is 10.7. The summed E-state index contributed by atoms with van der Waals surface area (Å²) >= 11 is 0. The van der Waals surface area contributed by atoms with Gasteiger partial charge in [0, 0.05) is 31.1 Å². The van der Waals surface area contributed by atoms with Crippen LogP contribution in [-0.4, -0.2) is 48.3 Å². The van der Waals surface area contributed by atoms with E-state index in [2.05, 4.69) is 22.0 Å². The summed E-state index contributed by atoms with van der Waals surface area (Å²) in [5, 5.41) is 9.31. The highest BCUT2D eigenvalue weighted by Crippen LogP contribution is 2.30. The van der Waals surface area contributed by atoms with Crippen LogP contribution in [0.25, 0.3) is 0 Å². The lowest BCUT2D eigenvalue weighted by Crippen LogP contribution is -2.52. The molecular weight excluding hydrogens is 368 g/mol.